The highest BCUT2D eigenvalue weighted by atomic mass is 32.3. The van der Waals surface area contributed by atoms with E-state index in [2.05, 4.69) is 0 Å². The van der Waals surface area contributed by atoms with Gasteiger partial charge in [0.05, 0.1) is 23.0 Å². The smallest absolute Gasteiger partial charge is 0.307 e. The van der Waals surface area contributed by atoms with E-state index in [1.807, 2.05) is 20.8 Å². The van der Waals surface area contributed by atoms with Gasteiger partial charge in [0.1, 0.15) is 23.1 Å². The van der Waals surface area contributed by atoms with Gasteiger partial charge in [-0.2, -0.15) is 8.42 Å². The van der Waals surface area contributed by atoms with Crippen molar-refractivity contribution < 1.29 is 30.3 Å². The minimum Gasteiger partial charge on any atom is -0.494 e. The predicted octanol–water partition coefficient (Wildman–Crippen LogP) is 7.67. The molecule has 0 saturated carbocycles. The molecule has 4 aromatic rings. The molecule has 0 aliphatic heterocycles. The second-order valence-electron chi connectivity index (χ2n) is 8.27. The molecule has 0 radical (unpaired) electrons. The van der Waals surface area contributed by atoms with Crippen LogP contribution in [-0.4, -0.2) is 21.6 Å². The SMILES string of the molecule is CCOc1ccc(S(OS(=O)(=O)c2ccc(C)cc2)(c2ccc(OCC)cc2)c2ccc(F)cc2F)cc1. The standard InChI is InChI=1S/C29H28F2O5S2/c1-4-34-23-9-15-25(16-10-23)37(29-19-8-22(30)20-28(29)31,26-17-11-24(12-18-26)35-5-2)36-38(32,33)27-13-6-21(3)7-14-27/h6-20H,4-5H2,1-3H3. The van der Waals surface area contributed by atoms with E-state index in [1.54, 1.807) is 60.7 Å². The van der Waals surface area contributed by atoms with Crippen LogP contribution in [0.1, 0.15) is 19.4 Å². The summed E-state index contributed by atoms with van der Waals surface area (Å²) in [6, 6.07) is 22.5. The molecule has 0 saturated heterocycles. The summed E-state index contributed by atoms with van der Waals surface area (Å²) >= 11 is 0. The molecule has 0 aliphatic carbocycles. The fourth-order valence-electron chi connectivity index (χ4n) is 3.88. The normalized spacial score (nSPS) is 12.2. The van der Waals surface area contributed by atoms with Crippen LogP contribution in [0.2, 0.25) is 0 Å². The van der Waals surface area contributed by atoms with Crippen LogP contribution >= 0.6 is 10.3 Å². The molecule has 0 unspecified atom stereocenters. The second-order valence-corrected chi connectivity index (χ2v) is 12.7. The number of hydrogen-bond acceptors (Lipinski definition) is 5. The number of benzene rings is 4. The lowest BCUT2D eigenvalue weighted by Crippen LogP contribution is -2.16. The Morgan fingerprint density at radius 1 is 0.658 bits per heavy atom. The number of aryl methyl sites for hydroxylation is 1. The average Bonchev–Trinajstić information content (AvgIpc) is 2.89. The molecule has 0 aliphatic rings. The largest absolute Gasteiger partial charge is 0.494 e. The molecule has 0 aromatic heterocycles. The zero-order valence-corrected chi connectivity index (χ0v) is 22.8. The van der Waals surface area contributed by atoms with Gasteiger partial charge in [-0.3, -0.25) is 0 Å². The zero-order chi connectivity index (χ0) is 27.3. The lowest BCUT2D eigenvalue weighted by molar-refractivity contribution is 0.340. The van der Waals surface area contributed by atoms with Gasteiger partial charge in [-0.25, -0.2) is 12.4 Å². The van der Waals surface area contributed by atoms with Gasteiger partial charge in [-0.1, -0.05) is 17.7 Å². The molecule has 0 heterocycles. The maximum Gasteiger partial charge on any atom is 0.307 e. The summed E-state index contributed by atoms with van der Waals surface area (Å²) in [5.74, 6) is -0.615. The molecule has 5 nitrogen and oxygen atoms in total. The maximum atomic E-state index is 15.6. The van der Waals surface area contributed by atoms with Crippen LogP contribution in [0.3, 0.4) is 0 Å². The Morgan fingerprint density at radius 3 is 1.58 bits per heavy atom. The summed E-state index contributed by atoms with van der Waals surface area (Å²) < 4.78 is 74.4. The molecule has 9 heteroatoms. The molecule has 0 fully saturated rings. The van der Waals surface area contributed by atoms with Crippen LogP contribution in [0.25, 0.3) is 0 Å². The van der Waals surface area contributed by atoms with Crippen LogP contribution in [0, 0.1) is 18.6 Å². The van der Waals surface area contributed by atoms with E-state index in [1.165, 1.54) is 18.2 Å². The molecule has 0 N–H and O–H groups in total. The highest BCUT2D eigenvalue weighted by Gasteiger charge is 2.40. The first-order chi connectivity index (χ1) is 18.2. The van der Waals surface area contributed by atoms with Crippen molar-refractivity contribution in [3.05, 3.63) is 108 Å². The van der Waals surface area contributed by atoms with Gasteiger partial charge < -0.3 is 9.47 Å². The van der Waals surface area contributed by atoms with Crippen LogP contribution in [0.15, 0.2) is 111 Å². The molecule has 0 amide bonds. The minimum absolute atomic E-state index is 0.0839. The van der Waals surface area contributed by atoms with Gasteiger partial charge in [0.25, 0.3) is 0 Å². The van der Waals surface area contributed by atoms with Crippen molar-refractivity contribution >= 4 is 20.4 Å². The van der Waals surface area contributed by atoms with Crippen molar-refractivity contribution in [3.8, 4) is 11.5 Å². The molecule has 200 valence electrons. The van der Waals surface area contributed by atoms with E-state index in [0.29, 0.717) is 34.5 Å². The lowest BCUT2D eigenvalue weighted by Gasteiger charge is -2.39. The quantitative estimate of drug-likeness (QED) is 0.200. The number of halogens is 2. The average molecular weight is 559 g/mol. The third-order valence-corrected chi connectivity index (χ3v) is 10.8. The summed E-state index contributed by atoms with van der Waals surface area (Å²) in [5.41, 5.74) is 0.866. The van der Waals surface area contributed by atoms with Gasteiger partial charge in [-0.15, -0.1) is 0 Å². The van der Waals surface area contributed by atoms with E-state index in [-0.39, 0.29) is 9.79 Å². The fourth-order valence-corrected chi connectivity index (χ4v) is 9.07. The Hall–Kier alpha value is -3.40. The van der Waals surface area contributed by atoms with Crippen molar-refractivity contribution in [2.24, 2.45) is 0 Å². The van der Waals surface area contributed by atoms with Gasteiger partial charge >= 0.3 is 10.1 Å². The molecule has 4 aromatic carbocycles. The fraction of sp³-hybridized carbons (Fsp3) is 0.172. The third-order valence-electron chi connectivity index (χ3n) is 5.64. The topological polar surface area (TPSA) is 61.8 Å². The summed E-state index contributed by atoms with van der Waals surface area (Å²) in [4.78, 5) is 0.583. The van der Waals surface area contributed by atoms with Gasteiger partial charge in [0.2, 0.25) is 0 Å². The number of rotatable bonds is 10. The van der Waals surface area contributed by atoms with Crippen LogP contribution in [0.4, 0.5) is 8.78 Å². The first kappa shape index (κ1) is 27.6. The van der Waals surface area contributed by atoms with E-state index in [0.717, 1.165) is 17.7 Å². The summed E-state index contributed by atoms with van der Waals surface area (Å²) in [6.45, 7) is 6.38. The van der Waals surface area contributed by atoms with Gasteiger partial charge in [0.15, 0.2) is 0 Å². The van der Waals surface area contributed by atoms with Gasteiger partial charge in [-0.05, 0) is 104 Å². The van der Waals surface area contributed by atoms with E-state index < -0.39 is 32.1 Å². The van der Waals surface area contributed by atoms with Crippen LogP contribution in [-0.2, 0) is 13.7 Å². The van der Waals surface area contributed by atoms with Crippen LogP contribution in [0.5, 0.6) is 11.5 Å². The van der Waals surface area contributed by atoms with E-state index in [9.17, 15) is 12.8 Å². The van der Waals surface area contributed by atoms with Crippen molar-refractivity contribution in [2.45, 2.75) is 40.4 Å². The third kappa shape index (κ3) is 5.70. The Labute approximate surface area is 223 Å². The molecule has 4 rings (SSSR count). The van der Waals surface area contributed by atoms with Gasteiger partial charge in [0, 0.05) is 15.9 Å². The Kier molecular flexibility index (Phi) is 8.40. The van der Waals surface area contributed by atoms with E-state index >= 15 is 4.39 Å². The van der Waals surface area contributed by atoms with Crippen molar-refractivity contribution in [3.63, 3.8) is 0 Å². The molecule has 38 heavy (non-hydrogen) atoms. The maximum absolute atomic E-state index is 15.6. The highest BCUT2D eigenvalue weighted by molar-refractivity contribution is 8.33. The summed E-state index contributed by atoms with van der Waals surface area (Å²) in [7, 11) is -7.73. The Bertz CT molecular complexity index is 1440. The monoisotopic (exact) mass is 558 g/mol. The Morgan fingerprint density at radius 2 is 1.13 bits per heavy atom. The molecule has 0 atom stereocenters. The molecular weight excluding hydrogens is 530 g/mol. The number of hydrogen-bond donors (Lipinski definition) is 0. The molecule has 0 spiro atoms. The predicted molar refractivity (Wildman–Crippen MR) is 143 cm³/mol. The van der Waals surface area contributed by atoms with Crippen molar-refractivity contribution in [1.82, 2.24) is 0 Å². The number of ether oxygens (including phenoxy) is 2. The van der Waals surface area contributed by atoms with Crippen molar-refractivity contribution in [1.29, 1.82) is 0 Å². The first-order valence-electron chi connectivity index (χ1n) is 12.0. The summed E-state index contributed by atoms with van der Waals surface area (Å²) in [5, 5.41) is 0. The van der Waals surface area contributed by atoms with Crippen molar-refractivity contribution in [2.75, 3.05) is 13.2 Å². The lowest BCUT2D eigenvalue weighted by atomic mass is 10.2. The molecule has 0 bridgehead atoms. The molecular formula is C29H28F2O5S2. The Balaban J connectivity index is 2.02. The summed E-state index contributed by atoms with van der Waals surface area (Å²) in [6.07, 6.45) is 0. The van der Waals surface area contributed by atoms with E-state index in [4.69, 9.17) is 13.1 Å². The minimum atomic E-state index is -4.43. The first-order valence-corrected chi connectivity index (χ1v) is 14.9. The second kappa shape index (κ2) is 11.6. The zero-order valence-electron chi connectivity index (χ0n) is 21.2. The highest BCUT2D eigenvalue weighted by Crippen LogP contribution is 2.71. The van der Waals surface area contributed by atoms with Crippen LogP contribution < -0.4 is 9.47 Å².